The molecule has 8 nitrogen and oxygen atoms in total. The normalized spacial score (nSPS) is 19.3. The van der Waals surface area contributed by atoms with E-state index in [1.807, 2.05) is 6.07 Å². The van der Waals surface area contributed by atoms with Gasteiger partial charge in [-0.25, -0.2) is 13.1 Å². The number of ether oxygens (including phenoxy) is 1. The summed E-state index contributed by atoms with van der Waals surface area (Å²) in [7, 11) is -2.35. The van der Waals surface area contributed by atoms with Crippen molar-refractivity contribution < 1.29 is 23.2 Å². The van der Waals surface area contributed by atoms with Gasteiger partial charge in [0.15, 0.2) is 0 Å². The Kier molecular flexibility index (Phi) is 5.18. The van der Waals surface area contributed by atoms with E-state index in [1.54, 1.807) is 19.2 Å². The summed E-state index contributed by atoms with van der Waals surface area (Å²) in [5.74, 6) is 0.685. The van der Waals surface area contributed by atoms with Gasteiger partial charge in [0.25, 0.3) is 5.69 Å². The number of aryl methyl sites for hydroxylation is 1. The first-order valence-electron chi connectivity index (χ1n) is 8.39. The summed E-state index contributed by atoms with van der Waals surface area (Å²) in [6.07, 6.45) is 1.93. The maximum atomic E-state index is 12.5. The molecule has 0 aliphatic heterocycles. The second kappa shape index (κ2) is 7.26. The number of fused-ring (bicyclic) bond motifs is 1. The quantitative estimate of drug-likeness (QED) is 0.574. The molecule has 0 spiro atoms. The Morgan fingerprint density at radius 3 is 2.59 bits per heavy atom. The lowest BCUT2D eigenvalue weighted by atomic mass is 9.79. The zero-order chi connectivity index (χ0) is 19.7. The maximum Gasteiger partial charge on any atom is 0.269 e. The smallest absolute Gasteiger partial charge is 0.269 e. The third kappa shape index (κ3) is 3.95. The van der Waals surface area contributed by atoms with E-state index < -0.39 is 20.5 Å². The van der Waals surface area contributed by atoms with Crippen molar-refractivity contribution in [3.8, 4) is 5.75 Å². The molecule has 144 valence electrons. The number of aliphatic hydroxyl groups is 1. The zero-order valence-corrected chi connectivity index (χ0v) is 15.5. The summed E-state index contributed by atoms with van der Waals surface area (Å²) in [4.78, 5) is 10.0. The molecule has 2 aromatic carbocycles. The van der Waals surface area contributed by atoms with Crippen LogP contribution in [0.4, 0.5) is 5.69 Å². The highest BCUT2D eigenvalue weighted by molar-refractivity contribution is 7.89. The van der Waals surface area contributed by atoms with E-state index in [9.17, 15) is 23.6 Å². The van der Waals surface area contributed by atoms with Gasteiger partial charge in [0.05, 0.1) is 16.9 Å². The van der Waals surface area contributed by atoms with Crippen molar-refractivity contribution in [1.82, 2.24) is 4.72 Å². The summed E-state index contributed by atoms with van der Waals surface area (Å²) in [6, 6.07) is 9.95. The van der Waals surface area contributed by atoms with Crippen LogP contribution in [0.15, 0.2) is 47.4 Å². The van der Waals surface area contributed by atoms with Crippen molar-refractivity contribution in [2.75, 3.05) is 13.7 Å². The number of sulfonamides is 1. The van der Waals surface area contributed by atoms with Gasteiger partial charge in [-0.15, -0.1) is 0 Å². The number of nitrogens with one attached hydrogen (secondary N) is 1. The van der Waals surface area contributed by atoms with Gasteiger partial charge < -0.3 is 9.84 Å². The van der Waals surface area contributed by atoms with Gasteiger partial charge >= 0.3 is 0 Å². The number of methoxy groups -OCH3 is 1. The average Bonchev–Trinajstić information content (AvgIpc) is 2.66. The Hall–Kier alpha value is -2.49. The summed E-state index contributed by atoms with van der Waals surface area (Å²) in [5.41, 5.74) is 0.0922. The summed E-state index contributed by atoms with van der Waals surface area (Å²) < 4.78 is 32.6. The molecule has 1 aliphatic rings. The Labute approximate surface area is 157 Å². The molecule has 0 amide bonds. The standard InChI is InChI=1S/C18H20N2O6S/c1-26-15-6-9-17-13(11-15)3-2-10-18(17,21)12-19-27(24,25)16-7-4-14(5-8-16)20(22)23/h4-9,11,19,21H,2-3,10,12H2,1H3. The minimum absolute atomic E-state index is 0.0949. The summed E-state index contributed by atoms with van der Waals surface area (Å²) in [5, 5.41) is 21.8. The number of non-ortho nitro benzene ring substituents is 1. The molecule has 0 fully saturated rings. The van der Waals surface area contributed by atoms with Gasteiger partial charge in [0.1, 0.15) is 11.4 Å². The van der Waals surface area contributed by atoms with Gasteiger partial charge in [0, 0.05) is 18.7 Å². The molecule has 1 atom stereocenters. The van der Waals surface area contributed by atoms with Crippen LogP contribution >= 0.6 is 0 Å². The number of nitro benzene ring substituents is 1. The van der Waals surface area contributed by atoms with Gasteiger partial charge in [-0.1, -0.05) is 6.07 Å². The Bertz CT molecular complexity index is 958. The van der Waals surface area contributed by atoms with E-state index in [-0.39, 0.29) is 17.1 Å². The first-order chi connectivity index (χ1) is 12.7. The van der Waals surface area contributed by atoms with Crippen molar-refractivity contribution in [1.29, 1.82) is 0 Å². The number of nitrogens with zero attached hydrogens (tertiary/aromatic N) is 1. The number of benzene rings is 2. The van der Waals surface area contributed by atoms with Crippen LogP contribution in [-0.2, 0) is 22.0 Å². The Morgan fingerprint density at radius 2 is 1.96 bits per heavy atom. The maximum absolute atomic E-state index is 12.5. The van der Waals surface area contributed by atoms with Crippen LogP contribution < -0.4 is 9.46 Å². The lowest BCUT2D eigenvalue weighted by Gasteiger charge is -2.34. The summed E-state index contributed by atoms with van der Waals surface area (Å²) in [6.45, 7) is -0.189. The van der Waals surface area contributed by atoms with Gasteiger partial charge in [-0.2, -0.15) is 0 Å². The molecular formula is C18H20N2O6S. The van der Waals surface area contributed by atoms with Crippen LogP contribution in [0.2, 0.25) is 0 Å². The second-order valence-electron chi connectivity index (χ2n) is 6.48. The van der Waals surface area contributed by atoms with Crippen LogP contribution in [0, 0.1) is 10.1 Å². The fourth-order valence-electron chi connectivity index (χ4n) is 3.29. The fraction of sp³-hybridized carbons (Fsp3) is 0.333. The van der Waals surface area contributed by atoms with E-state index in [0.717, 1.165) is 30.5 Å². The molecule has 0 saturated heterocycles. The first-order valence-corrected chi connectivity index (χ1v) is 9.87. The number of rotatable bonds is 6. The predicted molar refractivity (Wildman–Crippen MR) is 98.1 cm³/mol. The zero-order valence-electron chi connectivity index (χ0n) is 14.7. The minimum atomic E-state index is -3.91. The molecule has 0 bridgehead atoms. The third-order valence-corrected chi connectivity index (χ3v) is 6.18. The highest BCUT2D eigenvalue weighted by atomic mass is 32.2. The van der Waals surface area contributed by atoms with Crippen molar-refractivity contribution in [2.45, 2.75) is 29.8 Å². The lowest BCUT2D eigenvalue weighted by Crippen LogP contribution is -2.42. The minimum Gasteiger partial charge on any atom is -0.497 e. The average molecular weight is 392 g/mol. The Morgan fingerprint density at radius 1 is 1.26 bits per heavy atom. The molecule has 0 heterocycles. The number of hydrogen-bond acceptors (Lipinski definition) is 6. The highest BCUT2D eigenvalue weighted by Crippen LogP contribution is 2.36. The van der Waals surface area contributed by atoms with Crippen molar-refractivity contribution in [2.24, 2.45) is 0 Å². The fourth-order valence-corrected chi connectivity index (χ4v) is 4.38. The second-order valence-corrected chi connectivity index (χ2v) is 8.25. The Balaban J connectivity index is 1.80. The molecule has 1 unspecified atom stereocenters. The highest BCUT2D eigenvalue weighted by Gasteiger charge is 2.35. The molecule has 0 saturated carbocycles. The first kappa shape index (κ1) is 19.3. The van der Waals surface area contributed by atoms with E-state index >= 15 is 0 Å². The molecular weight excluding hydrogens is 372 g/mol. The van der Waals surface area contributed by atoms with Crippen LogP contribution in [-0.4, -0.2) is 32.1 Å². The van der Waals surface area contributed by atoms with Gasteiger partial charge in [-0.05, 0) is 54.7 Å². The van der Waals surface area contributed by atoms with Crippen LogP contribution in [0.3, 0.4) is 0 Å². The van der Waals surface area contributed by atoms with E-state index in [4.69, 9.17) is 4.74 Å². The molecule has 1 aliphatic carbocycles. The van der Waals surface area contributed by atoms with Crippen LogP contribution in [0.25, 0.3) is 0 Å². The van der Waals surface area contributed by atoms with Gasteiger partial charge in [-0.3, -0.25) is 10.1 Å². The molecule has 2 aromatic rings. The topological polar surface area (TPSA) is 119 Å². The predicted octanol–water partition coefficient (Wildman–Crippen LogP) is 2.11. The SMILES string of the molecule is COc1ccc2c(c1)CCCC2(O)CNS(=O)(=O)c1ccc([N+](=O)[O-])cc1. The number of nitro groups is 1. The monoisotopic (exact) mass is 392 g/mol. The molecule has 9 heteroatoms. The third-order valence-electron chi connectivity index (χ3n) is 4.76. The van der Waals surface area contributed by atoms with E-state index in [1.165, 1.54) is 12.1 Å². The van der Waals surface area contributed by atoms with Crippen molar-refractivity contribution in [3.05, 3.63) is 63.7 Å². The molecule has 0 radical (unpaired) electrons. The van der Waals surface area contributed by atoms with E-state index in [2.05, 4.69) is 4.72 Å². The molecule has 0 aromatic heterocycles. The summed E-state index contributed by atoms with van der Waals surface area (Å²) >= 11 is 0. The molecule has 3 rings (SSSR count). The van der Waals surface area contributed by atoms with E-state index in [0.29, 0.717) is 17.7 Å². The van der Waals surface area contributed by atoms with Crippen LogP contribution in [0.1, 0.15) is 24.0 Å². The lowest BCUT2D eigenvalue weighted by molar-refractivity contribution is -0.384. The number of hydrogen-bond donors (Lipinski definition) is 2. The molecule has 27 heavy (non-hydrogen) atoms. The van der Waals surface area contributed by atoms with Gasteiger partial charge in [0.2, 0.25) is 10.0 Å². The van der Waals surface area contributed by atoms with Crippen LogP contribution in [0.5, 0.6) is 5.75 Å². The molecule has 2 N–H and O–H groups in total. The van der Waals surface area contributed by atoms with Crippen molar-refractivity contribution >= 4 is 15.7 Å². The van der Waals surface area contributed by atoms with Crippen molar-refractivity contribution in [3.63, 3.8) is 0 Å². The largest absolute Gasteiger partial charge is 0.497 e.